The Morgan fingerprint density at radius 2 is 1.42 bits per heavy atom. The molecular formula is C35H56N2O7P+. The highest BCUT2D eigenvalue weighted by atomic mass is 31.2. The van der Waals surface area contributed by atoms with Crippen LogP contribution in [0.5, 0.6) is 11.5 Å². The summed E-state index contributed by atoms with van der Waals surface area (Å²) in [7, 11) is -2.69. The van der Waals surface area contributed by atoms with Crippen LogP contribution in [0, 0.1) is 13.8 Å². The van der Waals surface area contributed by atoms with Crippen LogP contribution < -0.4 is 14.8 Å². The Morgan fingerprint density at radius 3 is 1.96 bits per heavy atom. The average Bonchev–Trinajstić information content (AvgIpc) is 2.99. The SMILES string of the molecule is CCCCCCCCCCCCCCCC(=O)N[C@@H](Cc1ccc(OCc2ncc(C)c(OC)c2C)cc1)C(=O)C[P+](O)(O)O. The number of Topliss-reactive ketones (excluding diaryl/α,β-unsaturated/α-hetero) is 1. The molecule has 0 fully saturated rings. The van der Waals surface area contributed by atoms with Crippen molar-refractivity contribution in [3.63, 3.8) is 0 Å². The lowest BCUT2D eigenvalue weighted by atomic mass is 10.0. The Labute approximate surface area is 270 Å². The van der Waals surface area contributed by atoms with Crippen molar-refractivity contribution in [2.45, 2.75) is 130 Å². The molecule has 1 aromatic carbocycles. The molecule has 0 bridgehead atoms. The molecule has 2 aromatic rings. The van der Waals surface area contributed by atoms with Gasteiger partial charge in [0, 0.05) is 23.7 Å². The van der Waals surface area contributed by atoms with Gasteiger partial charge in [0.05, 0.1) is 18.8 Å². The highest BCUT2D eigenvalue weighted by molar-refractivity contribution is 7.59. The summed E-state index contributed by atoms with van der Waals surface area (Å²) in [4.78, 5) is 58.4. The van der Waals surface area contributed by atoms with Crippen molar-refractivity contribution in [3.05, 3.63) is 52.8 Å². The van der Waals surface area contributed by atoms with E-state index in [9.17, 15) is 24.3 Å². The van der Waals surface area contributed by atoms with Gasteiger partial charge in [-0.1, -0.05) is 96.1 Å². The number of rotatable bonds is 24. The second-order valence-electron chi connectivity index (χ2n) is 12.1. The number of ketones is 1. The number of aryl methyl sites for hydroxylation is 1. The van der Waals surface area contributed by atoms with Crippen molar-refractivity contribution in [2.24, 2.45) is 0 Å². The van der Waals surface area contributed by atoms with Crippen molar-refractivity contribution >= 4 is 19.6 Å². The number of benzene rings is 1. The minimum absolute atomic E-state index is 0.152. The molecule has 0 spiro atoms. The minimum atomic E-state index is -4.32. The molecule has 9 nitrogen and oxygen atoms in total. The fourth-order valence-corrected chi connectivity index (χ4v) is 6.10. The van der Waals surface area contributed by atoms with Crippen LogP contribution in [0.2, 0.25) is 0 Å². The number of ether oxygens (including phenoxy) is 2. The zero-order valence-electron chi connectivity index (χ0n) is 27.9. The number of nitrogens with zero attached hydrogens (tertiary/aromatic N) is 1. The van der Waals surface area contributed by atoms with E-state index in [1.807, 2.05) is 13.8 Å². The van der Waals surface area contributed by atoms with E-state index >= 15 is 0 Å². The standard InChI is InChI=1S/C35H55N2O7P/c1-5-6-7-8-9-10-11-12-13-14-15-16-17-18-34(39)37-31(33(38)26-45(40,41)42)23-29-19-21-30(22-20-29)44-25-32-28(3)35(43-4)27(2)24-36-32/h19-22,24,31,40-42H,5-18,23,25-26H2,1-4H3/p+1/t31-/m0/s1. The van der Waals surface area contributed by atoms with Gasteiger partial charge in [-0.05, 0) is 44.4 Å². The monoisotopic (exact) mass is 647 g/mol. The predicted molar refractivity (Wildman–Crippen MR) is 180 cm³/mol. The number of aromatic nitrogens is 1. The molecule has 1 heterocycles. The Balaban J connectivity index is 1.79. The molecule has 4 N–H and O–H groups in total. The first-order chi connectivity index (χ1) is 21.5. The van der Waals surface area contributed by atoms with E-state index in [-0.39, 0.29) is 18.9 Å². The molecule has 10 heteroatoms. The molecule has 0 radical (unpaired) electrons. The van der Waals surface area contributed by atoms with Crippen LogP contribution in [0.25, 0.3) is 0 Å². The first-order valence-electron chi connectivity index (χ1n) is 16.6. The second-order valence-corrected chi connectivity index (χ2v) is 13.8. The normalized spacial score (nSPS) is 12.2. The molecule has 1 aromatic heterocycles. The summed E-state index contributed by atoms with van der Waals surface area (Å²) >= 11 is 0. The quantitative estimate of drug-likeness (QED) is 0.0699. The number of carbonyl (C=O) groups excluding carboxylic acids is 2. The molecule has 1 amide bonds. The van der Waals surface area contributed by atoms with Crippen LogP contribution in [0.4, 0.5) is 0 Å². The number of hydrogen-bond donors (Lipinski definition) is 4. The molecular weight excluding hydrogens is 591 g/mol. The van der Waals surface area contributed by atoms with Gasteiger partial charge in [-0.25, -0.2) is 0 Å². The maximum Gasteiger partial charge on any atom is 0.411 e. The Kier molecular flexibility index (Phi) is 18.2. The molecule has 0 aliphatic carbocycles. The largest absolute Gasteiger partial charge is 0.496 e. The molecule has 252 valence electrons. The molecule has 1 atom stereocenters. The lowest BCUT2D eigenvalue weighted by Crippen LogP contribution is -2.43. The van der Waals surface area contributed by atoms with Crippen molar-refractivity contribution in [1.82, 2.24) is 10.3 Å². The Hall–Kier alpha value is -2.58. The maximum atomic E-state index is 12.8. The van der Waals surface area contributed by atoms with Crippen LogP contribution >= 0.6 is 7.94 Å². The summed E-state index contributed by atoms with van der Waals surface area (Å²) in [5.74, 6) is 0.515. The van der Waals surface area contributed by atoms with Gasteiger partial charge < -0.3 is 14.8 Å². The Morgan fingerprint density at radius 1 is 0.867 bits per heavy atom. The van der Waals surface area contributed by atoms with Crippen molar-refractivity contribution in [3.8, 4) is 11.5 Å². The third kappa shape index (κ3) is 16.0. The zero-order chi connectivity index (χ0) is 33.1. The van der Waals surface area contributed by atoms with Gasteiger partial charge in [0.15, 0.2) is 6.16 Å². The van der Waals surface area contributed by atoms with Crippen molar-refractivity contribution in [1.29, 1.82) is 0 Å². The lowest BCUT2D eigenvalue weighted by molar-refractivity contribution is -0.126. The molecule has 45 heavy (non-hydrogen) atoms. The van der Waals surface area contributed by atoms with Crippen LogP contribution in [0.15, 0.2) is 30.5 Å². The molecule has 0 saturated carbocycles. The van der Waals surface area contributed by atoms with Crippen LogP contribution in [0.1, 0.15) is 119 Å². The first kappa shape index (κ1) is 38.6. The second kappa shape index (κ2) is 21.3. The van der Waals surface area contributed by atoms with E-state index < -0.39 is 25.9 Å². The van der Waals surface area contributed by atoms with Crippen LogP contribution in [-0.4, -0.2) is 50.7 Å². The van der Waals surface area contributed by atoms with Crippen molar-refractivity contribution < 1.29 is 33.7 Å². The number of amides is 1. The van der Waals surface area contributed by atoms with E-state index in [1.54, 1.807) is 37.6 Å². The molecule has 0 aliphatic rings. The predicted octanol–water partition coefficient (Wildman–Crippen LogP) is 7.10. The van der Waals surface area contributed by atoms with Gasteiger partial charge in [-0.3, -0.25) is 14.6 Å². The van der Waals surface area contributed by atoms with E-state index in [0.29, 0.717) is 12.2 Å². The van der Waals surface area contributed by atoms with E-state index in [4.69, 9.17) is 9.47 Å². The summed E-state index contributed by atoms with van der Waals surface area (Å²) in [6.45, 7) is 6.37. The number of methoxy groups -OCH3 is 1. The summed E-state index contributed by atoms with van der Waals surface area (Å²) in [6.07, 6.45) is 17.2. The lowest BCUT2D eigenvalue weighted by Gasteiger charge is -2.18. The fraction of sp³-hybridized carbons (Fsp3) is 0.629. The van der Waals surface area contributed by atoms with E-state index in [0.717, 1.165) is 47.4 Å². The average molecular weight is 648 g/mol. The molecule has 2 rings (SSSR count). The third-order valence-electron chi connectivity index (χ3n) is 8.09. The van der Waals surface area contributed by atoms with Gasteiger partial charge >= 0.3 is 7.94 Å². The maximum absolute atomic E-state index is 12.8. The molecule has 0 aliphatic heterocycles. The zero-order valence-corrected chi connectivity index (χ0v) is 28.7. The number of pyridine rings is 1. The fourth-order valence-electron chi connectivity index (χ4n) is 5.46. The van der Waals surface area contributed by atoms with Gasteiger partial charge in [0.1, 0.15) is 18.1 Å². The topological polar surface area (TPSA) is 138 Å². The summed E-state index contributed by atoms with van der Waals surface area (Å²) < 4.78 is 11.4. The number of unbranched alkanes of at least 4 members (excludes halogenated alkanes) is 12. The summed E-state index contributed by atoms with van der Waals surface area (Å²) in [5, 5.41) is 2.76. The molecule has 0 saturated heterocycles. The first-order valence-corrected chi connectivity index (χ1v) is 18.5. The third-order valence-corrected chi connectivity index (χ3v) is 8.82. The number of carbonyl (C=O) groups is 2. The van der Waals surface area contributed by atoms with Crippen LogP contribution in [0.3, 0.4) is 0 Å². The smallest absolute Gasteiger partial charge is 0.411 e. The van der Waals surface area contributed by atoms with Gasteiger partial charge in [-0.2, -0.15) is 14.7 Å². The van der Waals surface area contributed by atoms with Gasteiger partial charge in [0.2, 0.25) is 11.7 Å². The van der Waals surface area contributed by atoms with Gasteiger partial charge in [-0.15, -0.1) is 0 Å². The van der Waals surface area contributed by atoms with Crippen LogP contribution in [-0.2, 0) is 22.6 Å². The molecule has 0 unspecified atom stereocenters. The van der Waals surface area contributed by atoms with Gasteiger partial charge in [0.25, 0.3) is 0 Å². The van der Waals surface area contributed by atoms with Crippen molar-refractivity contribution in [2.75, 3.05) is 13.3 Å². The number of nitrogens with one attached hydrogen (secondary N) is 1. The number of hydrogen-bond acceptors (Lipinski definition) is 8. The highest BCUT2D eigenvalue weighted by Gasteiger charge is 2.37. The van der Waals surface area contributed by atoms with E-state index in [2.05, 4.69) is 17.2 Å². The summed E-state index contributed by atoms with van der Waals surface area (Å²) in [5.41, 5.74) is 3.39. The van der Waals surface area contributed by atoms with E-state index in [1.165, 1.54) is 64.2 Å². The minimum Gasteiger partial charge on any atom is -0.496 e. The summed E-state index contributed by atoms with van der Waals surface area (Å²) in [6, 6.07) is 6.15. The Bertz CT molecular complexity index is 1150. The highest BCUT2D eigenvalue weighted by Crippen LogP contribution is 2.44.